The third-order valence-electron chi connectivity index (χ3n) is 6.21. The molecule has 4 aromatic rings. The van der Waals surface area contributed by atoms with E-state index in [0.717, 1.165) is 35.5 Å². The van der Waals surface area contributed by atoms with E-state index in [0.29, 0.717) is 17.7 Å². The van der Waals surface area contributed by atoms with Crippen LogP contribution in [0.5, 0.6) is 5.75 Å². The average Bonchev–Trinajstić information content (AvgIpc) is 3.56. The molecule has 0 spiro atoms. The number of furan rings is 1. The van der Waals surface area contributed by atoms with Crippen molar-refractivity contribution in [2.24, 2.45) is 0 Å². The van der Waals surface area contributed by atoms with Crippen LogP contribution in [-0.2, 0) is 11.3 Å². The van der Waals surface area contributed by atoms with Gasteiger partial charge in [-0.2, -0.15) is 0 Å². The number of carbonyl (C=O) groups excluding carboxylic acids is 2. The molecule has 0 fully saturated rings. The zero-order valence-electron chi connectivity index (χ0n) is 22.6. The number of hydrogen-bond donors (Lipinski definition) is 3. The standard InChI is InChI=1S/C31H33NO4.CH3NO2/c1-2-3-4-10-21-35-29-15-9-8-14-27(29)23-32(30(33)25-12-6-5-7-13-25)31(34)26-19-17-24(18-20-26)28-16-11-22-36-28;3-1-2-4/h5-9,11-20,22,30,33H,2-4,10,21,23H2,1H3;1,4H,(H,2,3). The van der Waals surface area contributed by atoms with Crippen LogP contribution in [0.1, 0.15) is 60.3 Å². The Kier molecular flexibility index (Phi) is 12.5. The number of unbranched alkanes of at least 4 members (excludes halogenated alkanes) is 3. The topological polar surface area (TPSA) is 112 Å². The molecule has 0 aliphatic heterocycles. The molecule has 1 atom stereocenters. The number of rotatable bonds is 13. The van der Waals surface area contributed by atoms with Crippen LogP contribution >= 0.6 is 0 Å². The summed E-state index contributed by atoms with van der Waals surface area (Å²) >= 11 is 0. The van der Waals surface area contributed by atoms with Gasteiger partial charge in [-0.1, -0.05) is 86.8 Å². The van der Waals surface area contributed by atoms with E-state index in [1.54, 1.807) is 18.4 Å². The van der Waals surface area contributed by atoms with Gasteiger partial charge < -0.3 is 19.2 Å². The maximum Gasteiger partial charge on any atom is 0.256 e. The van der Waals surface area contributed by atoms with Crippen molar-refractivity contribution in [2.45, 2.75) is 45.4 Å². The van der Waals surface area contributed by atoms with Crippen LogP contribution in [-0.4, -0.2) is 34.1 Å². The molecule has 1 heterocycles. The molecule has 1 aromatic heterocycles. The third kappa shape index (κ3) is 8.83. The number of amides is 2. The van der Waals surface area contributed by atoms with Gasteiger partial charge >= 0.3 is 0 Å². The van der Waals surface area contributed by atoms with Crippen molar-refractivity contribution in [3.05, 3.63) is 114 Å². The summed E-state index contributed by atoms with van der Waals surface area (Å²) in [4.78, 5) is 24.0. The van der Waals surface area contributed by atoms with Gasteiger partial charge in [-0.3, -0.25) is 14.8 Å². The molecule has 0 radical (unpaired) electrons. The predicted molar refractivity (Wildman–Crippen MR) is 152 cm³/mol. The number of carbonyl (C=O) groups is 2. The number of ether oxygens (including phenoxy) is 1. The summed E-state index contributed by atoms with van der Waals surface area (Å²) in [5.41, 5.74) is 4.12. The molecule has 0 aliphatic rings. The molecule has 40 heavy (non-hydrogen) atoms. The zero-order valence-corrected chi connectivity index (χ0v) is 22.6. The van der Waals surface area contributed by atoms with E-state index in [1.165, 1.54) is 23.2 Å². The Hall–Kier alpha value is -4.40. The van der Waals surface area contributed by atoms with Gasteiger partial charge in [-0.15, -0.1) is 0 Å². The van der Waals surface area contributed by atoms with Crippen LogP contribution in [0.15, 0.2) is 102 Å². The summed E-state index contributed by atoms with van der Waals surface area (Å²) in [6, 6.07) is 27.9. The number of aliphatic hydroxyl groups is 1. The average molecular weight is 545 g/mol. The second kappa shape index (κ2) is 16.5. The maximum absolute atomic E-state index is 13.7. The molecule has 1 unspecified atom stereocenters. The normalized spacial score (nSPS) is 11.1. The molecule has 3 N–H and O–H groups in total. The molecule has 8 nitrogen and oxygen atoms in total. The van der Waals surface area contributed by atoms with Gasteiger partial charge in [0.2, 0.25) is 6.41 Å². The molecular weight excluding hydrogens is 508 g/mol. The number of para-hydroxylation sites is 1. The molecule has 0 saturated heterocycles. The van der Waals surface area contributed by atoms with E-state index in [4.69, 9.17) is 19.2 Å². The van der Waals surface area contributed by atoms with E-state index >= 15 is 0 Å². The molecule has 0 bridgehead atoms. The first kappa shape index (κ1) is 30.1. The lowest BCUT2D eigenvalue weighted by Gasteiger charge is -2.29. The minimum Gasteiger partial charge on any atom is -0.493 e. The first-order valence-corrected chi connectivity index (χ1v) is 13.3. The predicted octanol–water partition coefficient (Wildman–Crippen LogP) is 6.36. The van der Waals surface area contributed by atoms with Crippen LogP contribution in [0.2, 0.25) is 0 Å². The first-order chi connectivity index (χ1) is 19.6. The number of hydrogen-bond acceptors (Lipinski definition) is 6. The van der Waals surface area contributed by atoms with Gasteiger partial charge in [0.1, 0.15) is 11.5 Å². The van der Waals surface area contributed by atoms with Crippen molar-refractivity contribution in [2.75, 3.05) is 6.61 Å². The summed E-state index contributed by atoms with van der Waals surface area (Å²) in [5, 5.41) is 18.5. The van der Waals surface area contributed by atoms with Crippen LogP contribution in [0.3, 0.4) is 0 Å². The quantitative estimate of drug-likeness (QED) is 0.0594. The molecule has 8 heteroatoms. The number of nitrogens with zero attached hydrogens (tertiary/aromatic N) is 1. The number of aliphatic hydroxyl groups excluding tert-OH is 1. The highest BCUT2D eigenvalue weighted by Gasteiger charge is 2.26. The largest absolute Gasteiger partial charge is 0.493 e. The van der Waals surface area contributed by atoms with Gasteiger partial charge in [0.25, 0.3) is 5.91 Å². The van der Waals surface area contributed by atoms with Crippen molar-refractivity contribution in [3.63, 3.8) is 0 Å². The van der Waals surface area contributed by atoms with Crippen LogP contribution in [0.25, 0.3) is 11.3 Å². The Morgan fingerprint density at radius 3 is 2.30 bits per heavy atom. The summed E-state index contributed by atoms with van der Waals surface area (Å²) in [6.07, 6.45) is 5.17. The first-order valence-electron chi connectivity index (χ1n) is 13.3. The fourth-order valence-electron chi connectivity index (χ4n) is 4.13. The summed E-state index contributed by atoms with van der Waals surface area (Å²) in [7, 11) is 0. The lowest BCUT2D eigenvalue weighted by Crippen LogP contribution is -2.34. The third-order valence-corrected chi connectivity index (χ3v) is 6.21. The molecule has 0 aliphatic carbocycles. The zero-order chi connectivity index (χ0) is 28.6. The molecule has 0 saturated carbocycles. The molecule has 210 valence electrons. The maximum atomic E-state index is 13.7. The highest BCUT2D eigenvalue weighted by Crippen LogP contribution is 2.28. The number of benzene rings is 3. The second-order valence-corrected chi connectivity index (χ2v) is 9.04. The molecule has 2 amide bonds. The smallest absolute Gasteiger partial charge is 0.256 e. The fraction of sp³-hybridized carbons (Fsp3) is 0.250. The van der Waals surface area contributed by atoms with Crippen molar-refractivity contribution in [1.82, 2.24) is 10.4 Å². The fourth-order valence-corrected chi connectivity index (χ4v) is 4.13. The highest BCUT2D eigenvalue weighted by molar-refractivity contribution is 5.95. The van der Waals surface area contributed by atoms with Crippen LogP contribution in [0, 0.1) is 0 Å². The van der Waals surface area contributed by atoms with Crippen molar-refractivity contribution >= 4 is 12.3 Å². The van der Waals surface area contributed by atoms with Gasteiger partial charge in [-0.25, -0.2) is 5.48 Å². The van der Waals surface area contributed by atoms with Crippen LogP contribution in [0.4, 0.5) is 0 Å². The summed E-state index contributed by atoms with van der Waals surface area (Å²) in [6.45, 7) is 3.02. The highest BCUT2D eigenvalue weighted by atomic mass is 16.5. The lowest BCUT2D eigenvalue weighted by molar-refractivity contribution is -0.116. The SMILES string of the molecule is CCCCCCOc1ccccc1CN(C(=O)c1ccc(-c2ccco2)cc1)C(O)c1ccccc1.O=CNO. The van der Waals surface area contributed by atoms with E-state index in [-0.39, 0.29) is 18.9 Å². The van der Waals surface area contributed by atoms with Gasteiger partial charge in [0.15, 0.2) is 6.23 Å². The Morgan fingerprint density at radius 1 is 0.950 bits per heavy atom. The van der Waals surface area contributed by atoms with Crippen molar-refractivity contribution < 1.29 is 29.1 Å². The van der Waals surface area contributed by atoms with E-state index in [1.807, 2.05) is 78.9 Å². The summed E-state index contributed by atoms with van der Waals surface area (Å²) in [5.74, 6) is 1.20. The Morgan fingerprint density at radius 2 is 1.65 bits per heavy atom. The Bertz CT molecular complexity index is 1280. The van der Waals surface area contributed by atoms with Crippen molar-refractivity contribution in [3.8, 4) is 17.1 Å². The van der Waals surface area contributed by atoms with E-state index < -0.39 is 6.23 Å². The van der Waals surface area contributed by atoms with Gasteiger partial charge in [-0.05, 0) is 36.8 Å². The number of nitrogens with one attached hydrogen (secondary N) is 1. The number of hydroxylamine groups is 1. The Balaban J connectivity index is 0.00000103. The van der Waals surface area contributed by atoms with Gasteiger partial charge in [0, 0.05) is 22.3 Å². The van der Waals surface area contributed by atoms with Crippen LogP contribution < -0.4 is 10.2 Å². The molecule has 3 aromatic carbocycles. The van der Waals surface area contributed by atoms with E-state index in [9.17, 15) is 9.90 Å². The molecule has 4 rings (SSSR count). The molecular formula is C32H36N2O6. The van der Waals surface area contributed by atoms with E-state index in [2.05, 4.69) is 6.92 Å². The van der Waals surface area contributed by atoms with Gasteiger partial charge in [0.05, 0.1) is 19.4 Å². The minimum atomic E-state index is -1.11. The second-order valence-electron chi connectivity index (χ2n) is 9.04. The summed E-state index contributed by atoms with van der Waals surface area (Å²) < 4.78 is 11.5. The van der Waals surface area contributed by atoms with Crippen molar-refractivity contribution in [1.29, 1.82) is 0 Å². The Labute approximate surface area is 234 Å². The minimum absolute atomic E-state index is 0.181. The monoisotopic (exact) mass is 544 g/mol. The lowest BCUT2D eigenvalue weighted by atomic mass is 10.1.